The lowest BCUT2D eigenvalue weighted by atomic mass is 9.86. The van der Waals surface area contributed by atoms with E-state index in [4.69, 9.17) is 20.1 Å². The Morgan fingerprint density at radius 3 is 2.30 bits per heavy atom. The minimum absolute atomic E-state index is 0.0410. The van der Waals surface area contributed by atoms with Crippen LogP contribution >= 0.6 is 0 Å². The van der Waals surface area contributed by atoms with Crippen LogP contribution in [0.3, 0.4) is 0 Å². The van der Waals surface area contributed by atoms with Crippen molar-refractivity contribution in [2.24, 2.45) is 0 Å². The first-order valence-corrected chi connectivity index (χ1v) is 9.16. The van der Waals surface area contributed by atoms with Crippen molar-refractivity contribution in [2.75, 3.05) is 7.11 Å². The Bertz CT molecular complexity index is 1130. The third-order valence-electron chi connectivity index (χ3n) is 4.58. The van der Waals surface area contributed by atoms with E-state index in [0.717, 1.165) is 29.2 Å². The predicted molar refractivity (Wildman–Crippen MR) is 107 cm³/mol. The Labute approximate surface area is 185 Å². The SMILES string of the molecule is COC1(C(=O)O)C=C(C)C=C(C(=O)O)C1.O=C(O)c1cnn(-c2cccc(C(F)(F)F)c2)c1. The fourth-order valence-electron chi connectivity index (χ4n) is 2.96. The number of nitrogens with zero attached hydrogens (tertiary/aromatic N) is 2. The average molecular weight is 468 g/mol. The first-order chi connectivity index (χ1) is 15.3. The summed E-state index contributed by atoms with van der Waals surface area (Å²) in [7, 11) is 1.25. The fraction of sp³-hybridized carbons (Fsp3) is 0.238. The molecule has 0 spiro atoms. The van der Waals surface area contributed by atoms with Crippen LogP contribution in [0.25, 0.3) is 5.69 Å². The molecule has 0 amide bonds. The maximum atomic E-state index is 12.5. The number of methoxy groups -OCH3 is 1. The van der Waals surface area contributed by atoms with E-state index in [1.54, 1.807) is 6.92 Å². The second-order valence-electron chi connectivity index (χ2n) is 6.97. The van der Waals surface area contributed by atoms with Crippen LogP contribution < -0.4 is 0 Å². The molecule has 1 aliphatic carbocycles. The molecule has 0 saturated carbocycles. The minimum Gasteiger partial charge on any atom is -0.479 e. The number of alkyl halides is 3. The summed E-state index contributed by atoms with van der Waals surface area (Å²) in [4.78, 5) is 32.5. The number of hydrogen-bond donors (Lipinski definition) is 3. The lowest BCUT2D eigenvalue weighted by Gasteiger charge is -2.28. The lowest BCUT2D eigenvalue weighted by molar-refractivity contribution is -0.156. The van der Waals surface area contributed by atoms with E-state index in [1.807, 2.05) is 0 Å². The molecule has 0 aliphatic heterocycles. The predicted octanol–water partition coefficient (Wildman–Crippen LogP) is 3.41. The summed E-state index contributed by atoms with van der Waals surface area (Å²) in [5.74, 6) is -3.49. The van der Waals surface area contributed by atoms with Crippen LogP contribution in [0.5, 0.6) is 0 Å². The molecule has 176 valence electrons. The molecule has 33 heavy (non-hydrogen) atoms. The Kier molecular flexibility index (Phi) is 7.44. The van der Waals surface area contributed by atoms with Gasteiger partial charge in [-0.05, 0) is 37.3 Å². The number of allylic oxidation sites excluding steroid dienone is 2. The van der Waals surface area contributed by atoms with E-state index >= 15 is 0 Å². The Hall–Kier alpha value is -3.93. The number of carbonyl (C=O) groups is 3. The molecule has 0 bridgehead atoms. The molecule has 9 nitrogen and oxygen atoms in total. The Balaban J connectivity index is 0.000000238. The summed E-state index contributed by atoms with van der Waals surface area (Å²) >= 11 is 0. The van der Waals surface area contributed by atoms with Gasteiger partial charge in [-0.2, -0.15) is 18.3 Å². The molecular weight excluding hydrogens is 449 g/mol. The summed E-state index contributed by atoms with van der Waals surface area (Å²) in [5.41, 5.74) is -1.69. The molecule has 0 fully saturated rings. The van der Waals surface area contributed by atoms with Crippen molar-refractivity contribution >= 4 is 17.9 Å². The van der Waals surface area contributed by atoms with Gasteiger partial charge in [0.05, 0.1) is 23.0 Å². The monoisotopic (exact) mass is 468 g/mol. The third-order valence-corrected chi connectivity index (χ3v) is 4.58. The molecule has 12 heteroatoms. The van der Waals surface area contributed by atoms with Gasteiger partial charge in [0.15, 0.2) is 5.60 Å². The highest BCUT2D eigenvalue weighted by atomic mass is 19.4. The second kappa shape index (κ2) is 9.69. The number of benzene rings is 1. The van der Waals surface area contributed by atoms with E-state index in [0.29, 0.717) is 5.57 Å². The van der Waals surface area contributed by atoms with Crippen LogP contribution in [0, 0.1) is 0 Å². The molecule has 1 aliphatic rings. The molecule has 1 atom stereocenters. The number of carboxylic acids is 3. The molecule has 1 aromatic heterocycles. The van der Waals surface area contributed by atoms with Crippen molar-refractivity contribution < 1.29 is 47.6 Å². The number of aromatic carboxylic acids is 1. The summed E-state index contributed by atoms with van der Waals surface area (Å²) in [5, 5.41) is 30.2. The van der Waals surface area contributed by atoms with Gasteiger partial charge < -0.3 is 20.1 Å². The van der Waals surface area contributed by atoms with E-state index in [1.165, 1.54) is 31.4 Å². The highest BCUT2D eigenvalue weighted by Crippen LogP contribution is 2.31. The summed E-state index contributed by atoms with van der Waals surface area (Å²) in [6, 6.07) is 4.48. The second-order valence-corrected chi connectivity index (χ2v) is 6.97. The maximum absolute atomic E-state index is 12.5. The molecule has 2 aromatic rings. The smallest absolute Gasteiger partial charge is 0.416 e. The van der Waals surface area contributed by atoms with Crippen molar-refractivity contribution in [3.63, 3.8) is 0 Å². The largest absolute Gasteiger partial charge is 0.479 e. The number of rotatable bonds is 5. The first-order valence-electron chi connectivity index (χ1n) is 9.16. The van der Waals surface area contributed by atoms with Gasteiger partial charge in [0, 0.05) is 25.3 Å². The summed E-state index contributed by atoms with van der Waals surface area (Å²) in [6.07, 6.45) is 0.481. The van der Waals surface area contributed by atoms with Gasteiger partial charge >= 0.3 is 24.1 Å². The van der Waals surface area contributed by atoms with Gasteiger partial charge in [-0.3, -0.25) is 0 Å². The average Bonchev–Trinajstić information content (AvgIpc) is 3.24. The summed E-state index contributed by atoms with van der Waals surface area (Å²) < 4.78 is 43.5. The maximum Gasteiger partial charge on any atom is 0.416 e. The Morgan fingerprint density at radius 1 is 1.15 bits per heavy atom. The molecule has 1 unspecified atom stereocenters. The van der Waals surface area contributed by atoms with Crippen LogP contribution in [0.4, 0.5) is 13.2 Å². The van der Waals surface area contributed by atoms with Gasteiger partial charge in [-0.15, -0.1) is 0 Å². The topological polar surface area (TPSA) is 139 Å². The van der Waals surface area contributed by atoms with Crippen LogP contribution in [-0.4, -0.2) is 55.7 Å². The molecule has 1 heterocycles. The van der Waals surface area contributed by atoms with Crippen LogP contribution in [0.15, 0.2) is 60.0 Å². The molecule has 0 saturated heterocycles. The highest BCUT2D eigenvalue weighted by molar-refractivity contribution is 5.91. The molecule has 1 aromatic carbocycles. The molecule has 3 N–H and O–H groups in total. The van der Waals surface area contributed by atoms with Gasteiger partial charge in [-0.1, -0.05) is 11.6 Å². The highest BCUT2D eigenvalue weighted by Gasteiger charge is 2.40. The van der Waals surface area contributed by atoms with Crippen molar-refractivity contribution in [1.82, 2.24) is 9.78 Å². The van der Waals surface area contributed by atoms with E-state index in [2.05, 4.69) is 5.10 Å². The van der Waals surface area contributed by atoms with Gasteiger partial charge in [0.2, 0.25) is 0 Å². The van der Waals surface area contributed by atoms with Crippen LogP contribution in [0.1, 0.15) is 29.3 Å². The molecular formula is C21H19F3N2O7. The van der Waals surface area contributed by atoms with Gasteiger partial charge in [0.25, 0.3) is 0 Å². The number of carboxylic acid groups (broad SMARTS) is 3. The van der Waals surface area contributed by atoms with E-state index in [-0.39, 0.29) is 23.2 Å². The number of aliphatic carboxylic acids is 2. The lowest BCUT2D eigenvalue weighted by Crippen LogP contribution is -2.41. The van der Waals surface area contributed by atoms with Crippen LogP contribution in [-0.2, 0) is 20.5 Å². The quantitative estimate of drug-likeness (QED) is 0.607. The van der Waals surface area contributed by atoms with Crippen molar-refractivity contribution in [2.45, 2.75) is 25.1 Å². The van der Waals surface area contributed by atoms with Crippen LogP contribution in [0.2, 0.25) is 0 Å². The number of halogens is 3. The number of aromatic nitrogens is 2. The molecule has 3 rings (SSSR count). The fourth-order valence-corrected chi connectivity index (χ4v) is 2.96. The van der Waals surface area contributed by atoms with Crippen molar-refractivity contribution in [1.29, 1.82) is 0 Å². The number of hydrogen-bond acceptors (Lipinski definition) is 5. The van der Waals surface area contributed by atoms with Gasteiger partial charge in [0.1, 0.15) is 0 Å². The van der Waals surface area contributed by atoms with Gasteiger partial charge in [-0.25, -0.2) is 19.1 Å². The standard InChI is InChI=1S/C11H7F3N2O2.C10H12O5/c12-11(13,14)8-2-1-3-9(4-8)16-6-7(5-15-16)10(17)18;1-6-3-7(8(11)12)5-10(4-6,15-2)9(13)14/h1-6H,(H,17,18);3-4H,5H2,1-2H3,(H,11,12)(H,13,14). The Morgan fingerprint density at radius 2 is 1.82 bits per heavy atom. The number of ether oxygens (including phenoxy) is 1. The molecule has 0 radical (unpaired) electrons. The first kappa shape index (κ1) is 25.3. The zero-order valence-corrected chi connectivity index (χ0v) is 17.3. The zero-order valence-electron chi connectivity index (χ0n) is 17.3. The van der Waals surface area contributed by atoms with Crippen molar-refractivity contribution in [3.8, 4) is 5.69 Å². The third kappa shape index (κ3) is 6.07. The normalized spacial score (nSPS) is 17.8. The minimum atomic E-state index is -4.45. The van der Waals surface area contributed by atoms with E-state index < -0.39 is 35.2 Å². The van der Waals surface area contributed by atoms with E-state index in [9.17, 15) is 27.6 Å². The van der Waals surface area contributed by atoms with Crippen molar-refractivity contribution in [3.05, 3.63) is 71.1 Å². The zero-order chi connectivity index (χ0) is 25.0. The summed E-state index contributed by atoms with van der Waals surface area (Å²) in [6.45, 7) is 1.64.